The molecule has 0 spiro atoms. The maximum absolute atomic E-state index is 11.4. The third kappa shape index (κ3) is 3.62. The number of rotatable bonds is 5. The van der Waals surface area contributed by atoms with E-state index in [1.165, 1.54) is 37.5 Å². The zero-order valence-electron chi connectivity index (χ0n) is 12.3. The van der Waals surface area contributed by atoms with E-state index < -0.39 is 0 Å². The van der Waals surface area contributed by atoms with Crippen molar-refractivity contribution >= 4 is 5.97 Å². The summed E-state index contributed by atoms with van der Waals surface area (Å²) in [4.78, 5) is 11.4. The minimum Gasteiger partial charge on any atom is -0.490 e. The van der Waals surface area contributed by atoms with E-state index in [9.17, 15) is 4.79 Å². The van der Waals surface area contributed by atoms with Crippen LogP contribution in [0.3, 0.4) is 0 Å². The monoisotopic (exact) mass is 274 g/mol. The highest BCUT2D eigenvalue weighted by molar-refractivity contribution is 5.88. The number of benzene rings is 1. The fraction of sp³-hybridized carbons (Fsp3) is 0.471. The van der Waals surface area contributed by atoms with Crippen molar-refractivity contribution in [1.29, 1.82) is 0 Å². The smallest absolute Gasteiger partial charge is 0.333 e. The molecular formula is C17H22O3. The van der Waals surface area contributed by atoms with Crippen LogP contribution in [0.4, 0.5) is 0 Å². The highest BCUT2D eigenvalue weighted by Gasteiger charge is 2.10. The maximum atomic E-state index is 11.4. The van der Waals surface area contributed by atoms with E-state index >= 15 is 0 Å². The first-order valence-electron chi connectivity index (χ1n) is 7.26. The van der Waals surface area contributed by atoms with Crippen molar-refractivity contribution in [3.8, 4) is 5.75 Å². The van der Waals surface area contributed by atoms with Gasteiger partial charge >= 0.3 is 5.97 Å². The Morgan fingerprint density at radius 1 is 1.25 bits per heavy atom. The average Bonchev–Trinajstić information content (AvgIpc) is 2.50. The molecule has 20 heavy (non-hydrogen) atoms. The van der Waals surface area contributed by atoms with Gasteiger partial charge in [-0.15, -0.1) is 0 Å². The molecule has 1 aliphatic rings. The first-order valence-corrected chi connectivity index (χ1v) is 7.26. The number of fused-ring (bicyclic) bond motifs is 1. The third-order valence-electron chi connectivity index (χ3n) is 3.73. The fourth-order valence-electron chi connectivity index (χ4n) is 2.54. The summed E-state index contributed by atoms with van der Waals surface area (Å²) in [5.74, 6) is 0.601. The molecule has 3 nitrogen and oxygen atoms in total. The second kappa shape index (κ2) is 7.13. The Morgan fingerprint density at radius 3 is 2.70 bits per heavy atom. The Balaban J connectivity index is 1.97. The highest BCUT2D eigenvalue weighted by atomic mass is 16.5. The molecule has 0 fully saturated rings. The summed E-state index contributed by atoms with van der Waals surface area (Å²) in [5.41, 5.74) is 3.51. The molecule has 3 heteroatoms. The Bertz CT molecular complexity index is 503. The Labute approximate surface area is 120 Å². The number of methoxy groups -OCH3 is 1. The summed E-state index contributed by atoms with van der Waals surface area (Å²) < 4.78 is 10.4. The van der Waals surface area contributed by atoms with Crippen molar-refractivity contribution in [3.05, 3.63) is 41.0 Å². The van der Waals surface area contributed by atoms with Crippen LogP contribution in [0.25, 0.3) is 0 Å². The first-order chi connectivity index (χ1) is 9.74. The Hall–Kier alpha value is -1.77. The van der Waals surface area contributed by atoms with Gasteiger partial charge in [-0.25, -0.2) is 4.79 Å². The second-order valence-electron chi connectivity index (χ2n) is 5.02. The molecule has 0 unspecified atom stereocenters. The standard InChI is InChI=1S/C17H22O3/c1-3-13(17(18)19-2)10-11-20-16-9-8-14-6-4-5-7-15(14)12-16/h8-10,12H,3-7,11H2,1-2H3. The quantitative estimate of drug-likeness (QED) is 0.609. The third-order valence-corrected chi connectivity index (χ3v) is 3.73. The number of carbonyl (C=O) groups excluding carboxylic acids is 1. The Morgan fingerprint density at radius 2 is 2.00 bits per heavy atom. The van der Waals surface area contributed by atoms with Gasteiger partial charge in [0.05, 0.1) is 7.11 Å². The minimum absolute atomic E-state index is 0.276. The molecule has 1 aliphatic carbocycles. The summed E-state index contributed by atoms with van der Waals surface area (Å²) in [6, 6.07) is 6.31. The molecule has 0 N–H and O–H groups in total. The number of hydrogen-bond donors (Lipinski definition) is 0. The summed E-state index contributed by atoms with van der Waals surface area (Å²) in [7, 11) is 1.40. The van der Waals surface area contributed by atoms with E-state index in [0.717, 1.165) is 12.2 Å². The van der Waals surface area contributed by atoms with Crippen molar-refractivity contribution in [2.45, 2.75) is 39.0 Å². The molecule has 0 saturated heterocycles. The summed E-state index contributed by atoms with van der Waals surface area (Å²) in [5, 5.41) is 0. The van der Waals surface area contributed by atoms with Crippen molar-refractivity contribution in [2.24, 2.45) is 0 Å². The van der Waals surface area contributed by atoms with E-state index in [2.05, 4.69) is 12.1 Å². The second-order valence-corrected chi connectivity index (χ2v) is 5.02. The summed E-state index contributed by atoms with van der Waals surface area (Å²) >= 11 is 0. The van der Waals surface area contributed by atoms with Crippen LogP contribution in [0.2, 0.25) is 0 Å². The molecule has 0 amide bonds. The zero-order chi connectivity index (χ0) is 14.4. The lowest BCUT2D eigenvalue weighted by Crippen LogP contribution is -2.07. The van der Waals surface area contributed by atoms with Gasteiger partial charge in [0.2, 0.25) is 0 Å². The SMILES string of the molecule is CCC(=CCOc1ccc2c(c1)CCCC2)C(=O)OC. The van der Waals surface area contributed by atoms with Crippen LogP contribution in [0.15, 0.2) is 29.8 Å². The molecule has 0 bridgehead atoms. The van der Waals surface area contributed by atoms with Gasteiger partial charge in [0.15, 0.2) is 0 Å². The predicted molar refractivity (Wildman–Crippen MR) is 79.0 cm³/mol. The zero-order valence-corrected chi connectivity index (χ0v) is 12.3. The molecule has 2 rings (SSSR count). The van der Waals surface area contributed by atoms with Gasteiger partial charge in [-0.2, -0.15) is 0 Å². The molecule has 0 heterocycles. The highest BCUT2D eigenvalue weighted by Crippen LogP contribution is 2.25. The van der Waals surface area contributed by atoms with Crippen molar-refractivity contribution in [2.75, 3.05) is 13.7 Å². The lowest BCUT2D eigenvalue weighted by Gasteiger charge is -2.16. The minimum atomic E-state index is -0.276. The fourth-order valence-corrected chi connectivity index (χ4v) is 2.54. The van der Waals surface area contributed by atoms with Crippen LogP contribution in [-0.2, 0) is 22.4 Å². The van der Waals surface area contributed by atoms with Crippen molar-refractivity contribution in [1.82, 2.24) is 0 Å². The topological polar surface area (TPSA) is 35.5 Å². The van der Waals surface area contributed by atoms with Crippen LogP contribution in [-0.4, -0.2) is 19.7 Å². The molecule has 0 aromatic heterocycles. The molecule has 0 aliphatic heterocycles. The number of esters is 1. The van der Waals surface area contributed by atoms with Gasteiger partial charge in [-0.1, -0.05) is 13.0 Å². The maximum Gasteiger partial charge on any atom is 0.333 e. The van der Waals surface area contributed by atoms with Crippen LogP contribution in [0.1, 0.15) is 37.3 Å². The predicted octanol–water partition coefficient (Wildman–Crippen LogP) is 3.45. The van der Waals surface area contributed by atoms with Gasteiger partial charge in [0, 0.05) is 5.57 Å². The Kier molecular flexibility index (Phi) is 5.22. The molecular weight excluding hydrogens is 252 g/mol. The average molecular weight is 274 g/mol. The number of ether oxygens (including phenoxy) is 2. The van der Waals surface area contributed by atoms with E-state index in [0.29, 0.717) is 18.6 Å². The lowest BCUT2D eigenvalue weighted by molar-refractivity contribution is -0.136. The van der Waals surface area contributed by atoms with Crippen LogP contribution in [0, 0.1) is 0 Å². The molecule has 108 valence electrons. The molecule has 1 aromatic rings. The van der Waals surface area contributed by atoms with Crippen LogP contribution < -0.4 is 4.74 Å². The molecule has 1 aromatic carbocycles. The number of hydrogen-bond acceptors (Lipinski definition) is 3. The summed E-state index contributed by atoms with van der Waals surface area (Å²) in [6.07, 6.45) is 7.32. The van der Waals surface area contributed by atoms with Crippen molar-refractivity contribution in [3.63, 3.8) is 0 Å². The van der Waals surface area contributed by atoms with Gasteiger partial charge in [0.1, 0.15) is 12.4 Å². The van der Waals surface area contributed by atoms with E-state index in [1.54, 1.807) is 6.08 Å². The van der Waals surface area contributed by atoms with Gasteiger partial charge in [-0.3, -0.25) is 0 Å². The van der Waals surface area contributed by atoms with Gasteiger partial charge < -0.3 is 9.47 Å². The lowest BCUT2D eigenvalue weighted by atomic mass is 9.92. The van der Waals surface area contributed by atoms with Gasteiger partial charge in [-0.05, 0) is 61.4 Å². The van der Waals surface area contributed by atoms with Crippen molar-refractivity contribution < 1.29 is 14.3 Å². The number of carbonyl (C=O) groups is 1. The first kappa shape index (κ1) is 14.6. The van der Waals surface area contributed by atoms with Crippen LogP contribution >= 0.6 is 0 Å². The number of aryl methyl sites for hydroxylation is 2. The van der Waals surface area contributed by atoms with E-state index in [1.807, 2.05) is 13.0 Å². The van der Waals surface area contributed by atoms with E-state index in [-0.39, 0.29) is 5.97 Å². The van der Waals surface area contributed by atoms with Crippen LogP contribution in [0.5, 0.6) is 5.75 Å². The normalized spacial score (nSPS) is 14.6. The van der Waals surface area contributed by atoms with Gasteiger partial charge in [0.25, 0.3) is 0 Å². The van der Waals surface area contributed by atoms with E-state index in [4.69, 9.17) is 9.47 Å². The molecule has 0 saturated carbocycles. The largest absolute Gasteiger partial charge is 0.490 e. The summed E-state index contributed by atoms with van der Waals surface area (Å²) in [6.45, 7) is 2.33. The molecule has 0 radical (unpaired) electrons. The molecule has 0 atom stereocenters.